The summed E-state index contributed by atoms with van der Waals surface area (Å²) in [5, 5.41) is 0. The molecule has 7 nitrogen and oxygen atoms in total. The molecule has 2 heterocycles. The third-order valence-corrected chi connectivity index (χ3v) is 3.40. The molecule has 0 spiro atoms. The Hall–Kier alpha value is -2.31. The Morgan fingerprint density at radius 2 is 2.17 bits per heavy atom. The summed E-state index contributed by atoms with van der Waals surface area (Å²) in [6.45, 7) is 11.3. The molecule has 2 rings (SSSR count). The van der Waals surface area contributed by atoms with Gasteiger partial charge in [-0.3, -0.25) is 4.90 Å². The van der Waals surface area contributed by atoms with Gasteiger partial charge in [0, 0.05) is 6.42 Å². The van der Waals surface area contributed by atoms with Crippen molar-refractivity contribution in [1.29, 1.82) is 0 Å². The molecule has 1 unspecified atom stereocenters. The van der Waals surface area contributed by atoms with Crippen molar-refractivity contribution in [3.8, 4) is 0 Å². The lowest BCUT2D eigenvalue weighted by Gasteiger charge is -2.36. The maximum absolute atomic E-state index is 12.5. The van der Waals surface area contributed by atoms with Crippen LogP contribution in [0.3, 0.4) is 0 Å². The predicted molar refractivity (Wildman–Crippen MR) is 86.3 cm³/mol. The minimum absolute atomic E-state index is 0.174. The van der Waals surface area contributed by atoms with Crippen LogP contribution in [0.2, 0.25) is 0 Å². The van der Waals surface area contributed by atoms with E-state index in [0.717, 1.165) is 5.92 Å². The highest BCUT2D eigenvalue weighted by Crippen LogP contribution is 2.30. The third-order valence-electron chi connectivity index (χ3n) is 3.40. The van der Waals surface area contributed by atoms with E-state index in [1.165, 1.54) is 11.2 Å². The molecule has 0 aromatic rings. The normalized spacial score (nSPS) is 20.8. The summed E-state index contributed by atoms with van der Waals surface area (Å²) >= 11 is 0. The van der Waals surface area contributed by atoms with Gasteiger partial charge >= 0.3 is 12.1 Å². The second-order valence-corrected chi connectivity index (χ2v) is 6.33. The van der Waals surface area contributed by atoms with E-state index in [1.807, 2.05) is 0 Å². The van der Waals surface area contributed by atoms with Gasteiger partial charge in [-0.25, -0.2) is 14.6 Å². The Labute approximate surface area is 136 Å². The van der Waals surface area contributed by atoms with Crippen LogP contribution in [0.25, 0.3) is 0 Å². The fourth-order valence-electron chi connectivity index (χ4n) is 2.38. The summed E-state index contributed by atoms with van der Waals surface area (Å²) in [7, 11) is 0. The van der Waals surface area contributed by atoms with E-state index in [2.05, 4.69) is 16.6 Å². The van der Waals surface area contributed by atoms with Gasteiger partial charge in [0.2, 0.25) is 5.70 Å². The second-order valence-electron chi connectivity index (χ2n) is 6.33. The SMILES string of the molecule is C=C1N=CN=C2CC(C(=O)OCC)N(C(=O)OC(C)(C)C)C[C+]12. The number of likely N-dealkylation sites (tertiary alicyclic amines) is 1. The zero-order chi connectivity index (χ0) is 17.2. The maximum atomic E-state index is 12.5. The van der Waals surface area contributed by atoms with E-state index in [9.17, 15) is 9.59 Å². The monoisotopic (exact) mass is 320 g/mol. The van der Waals surface area contributed by atoms with E-state index in [0.29, 0.717) is 11.4 Å². The first-order valence-electron chi connectivity index (χ1n) is 7.54. The van der Waals surface area contributed by atoms with Crippen LogP contribution in [0.1, 0.15) is 34.1 Å². The number of hydrogen-bond acceptors (Lipinski definition) is 6. The quantitative estimate of drug-likeness (QED) is 0.576. The molecule has 1 atom stereocenters. The van der Waals surface area contributed by atoms with E-state index >= 15 is 0 Å². The predicted octanol–water partition coefficient (Wildman–Crippen LogP) is 2.13. The van der Waals surface area contributed by atoms with Crippen LogP contribution in [0.4, 0.5) is 4.79 Å². The molecule has 2 aliphatic heterocycles. The van der Waals surface area contributed by atoms with Crippen molar-refractivity contribution >= 4 is 24.1 Å². The number of fused-ring (bicyclic) bond motifs is 1. The van der Waals surface area contributed by atoms with E-state index in [-0.39, 0.29) is 19.6 Å². The number of piperidine rings is 1. The molecule has 0 aromatic carbocycles. The number of esters is 1. The first kappa shape index (κ1) is 17.1. The molecule has 0 bridgehead atoms. The van der Waals surface area contributed by atoms with Gasteiger partial charge in [0.1, 0.15) is 36.2 Å². The first-order chi connectivity index (χ1) is 10.7. The van der Waals surface area contributed by atoms with Gasteiger partial charge in [-0.1, -0.05) is 0 Å². The van der Waals surface area contributed by atoms with E-state index in [1.54, 1.807) is 27.7 Å². The fourth-order valence-corrected chi connectivity index (χ4v) is 2.38. The van der Waals surface area contributed by atoms with Gasteiger partial charge in [0.15, 0.2) is 0 Å². The van der Waals surface area contributed by atoms with E-state index in [4.69, 9.17) is 9.47 Å². The summed E-state index contributed by atoms with van der Waals surface area (Å²) in [6.07, 6.45) is 1.11. The van der Waals surface area contributed by atoms with Crippen LogP contribution in [-0.2, 0) is 14.3 Å². The number of rotatable bonds is 2. The Balaban J connectivity index is 2.26. The molecule has 0 radical (unpaired) electrons. The maximum Gasteiger partial charge on any atom is 0.412 e. The van der Waals surface area contributed by atoms with Gasteiger partial charge in [0.05, 0.1) is 13.2 Å². The van der Waals surface area contributed by atoms with Crippen molar-refractivity contribution in [3.63, 3.8) is 0 Å². The molecule has 0 N–H and O–H groups in total. The van der Waals surface area contributed by atoms with Crippen LogP contribution in [0.5, 0.6) is 0 Å². The summed E-state index contributed by atoms with van der Waals surface area (Å²) in [4.78, 5) is 34.3. The fraction of sp³-hybridized carbons (Fsp3) is 0.562. The van der Waals surface area contributed by atoms with Crippen molar-refractivity contribution in [2.75, 3.05) is 13.2 Å². The van der Waals surface area contributed by atoms with Crippen molar-refractivity contribution in [2.24, 2.45) is 9.98 Å². The molecule has 0 saturated carbocycles. The summed E-state index contributed by atoms with van der Waals surface area (Å²) in [6, 6.07) is -0.758. The molecule has 0 aromatic heterocycles. The second kappa shape index (κ2) is 6.44. The van der Waals surface area contributed by atoms with Crippen LogP contribution in [0, 0.1) is 5.92 Å². The van der Waals surface area contributed by atoms with Gasteiger partial charge in [-0.15, -0.1) is 0 Å². The Kier molecular flexibility index (Phi) is 4.77. The minimum atomic E-state index is -0.758. The van der Waals surface area contributed by atoms with Crippen molar-refractivity contribution in [1.82, 2.24) is 4.90 Å². The summed E-state index contributed by atoms with van der Waals surface area (Å²) in [5.74, 6) is 0.284. The molecule has 2 aliphatic rings. The van der Waals surface area contributed by atoms with Crippen molar-refractivity contribution in [3.05, 3.63) is 18.2 Å². The van der Waals surface area contributed by atoms with Crippen molar-refractivity contribution < 1.29 is 19.1 Å². The minimum Gasteiger partial charge on any atom is -0.464 e. The Morgan fingerprint density at radius 3 is 2.78 bits per heavy atom. The van der Waals surface area contributed by atoms with Crippen LogP contribution in [-0.4, -0.2) is 53.8 Å². The Bertz CT molecular complexity index is 574. The van der Waals surface area contributed by atoms with E-state index < -0.39 is 23.7 Å². The first-order valence-corrected chi connectivity index (χ1v) is 7.54. The number of hydrogen-bond donors (Lipinski definition) is 0. The van der Waals surface area contributed by atoms with Gasteiger partial charge in [0.25, 0.3) is 0 Å². The topological polar surface area (TPSA) is 80.6 Å². The largest absolute Gasteiger partial charge is 0.464 e. The molecular weight excluding hydrogens is 298 g/mol. The zero-order valence-electron chi connectivity index (χ0n) is 14.0. The smallest absolute Gasteiger partial charge is 0.412 e. The number of ether oxygens (including phenoxy) is 2. The molecule has 7 heteroatoms. The zero-order valence-corrected chi connectivity index (χ0v) is 14.0. The standard InChI is InChI=1S/C16H22N3O4/c1-6-22-14(20)13-7-12-11(10(2)17-9-18-12)8-19(13)15(21)23-16(3,4)5/h9,13H,2,6-8H2,1,3-5H3/q+1. The molecule has 124 valence electrons. The lowest BCUT2D eigenvalue weighted by atomic mass is 9.88. The molecule has 0 aliphatic carbocycles. The molecule has 1 saturated heterocycles. The Morgan fingerprint density at radius 1 is 1.48 bits per heavy atom. The summed E-state index contributed by atoms with van der Waals surface area (Å²) < 4.78 is 10.5. The van der Waals surface area contributed by atoms with Gasteiger partial charge in [-0.05, 0) is 27.7 Å². The number of carbonyl (C=O) groups is 2. The van der Waals surface area contributed by atoms with Crippen LogP contribution < -0.4 is 0 Å². The number of carbonyl (C=O) groups excluding carboxylic acids is 2. The highest BCUT2D eigenvalue weighted by molar-refractivity contribution is 6.09. The van der Waals surface area contributed by atoms with Crippen molar-refractivity contribution in [2.45, 2.75) is 45.8 Å². The number of amides is 1. The van der Waals surface area contributed by atoms with Crippen LogP contribution >= 0.6 is 0 Å². The lowest BCUT2D eigenvalue weighted by molar-refractivity contribution is -0.149. The third kappa shape index (κ3) is 3.91. The molecular formula is C16H22N3O4+. The number of nitrogens with zero attached hydrogens (tertiary/aromatic N) is 3. The molecule has 1 fully saturated rings. The average Bonchev–Trinajstić information content (AvgIpc) is 2.45. The molecule has 23 heavy (non-hydrogen) atoms. The highest BCUT2D eigenvalue weighted by atomic mass is 16.6. The van der Waals surface area contributed by atoms with Gasteiger partial charge in [-0.2, -0.15) is 4.99 Å². The lowest BCUT2D eigenvalue weighted by Crippen LogP contribution is -2.55. The van der Waals surface area contributed by atoms with Gasteiger partial charge < -0.3 is 9.47 Å². The average molecular weight is 320 g/mol. The highest BCUT2D eigenvalue weighted by Gasteiger charge is 2.47. The summed E-state index contributed by atoms with van der Waals surface area (Å²) in [5.41, 5.74) is 0.602. The number of aliphatic imine (C=N–C) groups is 2. The molecule has 1 amide bonds. The van der Waals surface area contributed by atoms with Crippen LogP contribution in [0.15, 0.2) is 22.3 Å².